The number of amides is 3. The number of carboxylic acids is 4. The number of hydrogen-bond acceptors (Lipinski definition) is 8. The molecule has 3 atom stereocenters. The summed E-state index contributed by atoms with van der Waals surface area (Å²) in [5.41, 5.74) is 0. The van der Waals surface area contributed by atoms with Crippen LogP contribution in [-0.2, 0) is 38.4 Å². The van der Waals surface area contributed by atoms with E-state index in [0.29, 0.717) is 6.42 Å². The zero-order chi connectivity index (χ0) is 37.0. The Hall–Kier alpha value is -3.31. The molecule has 0 saturated carbocycles. The molecule has 16 heteroatoms. The van der Waals surface area contributed by atoms with E-state index in [0.717, 1.165) is 57.8 Å². The summed E-state index contributed by atoms with van der Waals surface area (Å²) in [6.07, 6.45) is 13.2. The third-order valence-corrected chi connectivity index (χ3v) is 8.43. The van der Waals surface area contributed by atoms with Crippen LogP contribution >= 0.6 is 22.6 Å². The second kappa shape index (κ2) is 28.5. The highest BCUT2D eigenvalue weighted by Crippen LogP contribution is 2.14. The number of unbranched alkanes of at least 4 members (excludes halogenated alkanes) is 13. The number of rotatable bonds is 32. The van der Waals surface area contributed by atoms with Gasteiger partial charge in [0.2, 0.25) is 17.7 Å². The van der Waals surface area contributed by atoms with Gasteiger partial charge in [0.05, 0.1) is 0 Å². The molecule has 15 nitrogen and oxygen atoms in total. The van der Waals surface area contributed by atoms with Crippen molar-refractivity contribution in [3.63, 3.8) is 0 Å². The van der Waals surface area contributed by atoms with Crippen LogP contribution in [0, 0.1) is 0 Å². The molecule has 0 rings (SSSR count). The summed E-state index contributed by atoms with van der Waals surface area (Å²) in [7, 11) is 0. The topological polar surface area (TPSA) is 254 Å². The summed E-state index contributed by atoms with van der Waals surface area (Å²) < 4.78 is -0.284. The largest absolute Gasteiger partial charge is 0.481 e. The molecule has 280 valence electrons. The van der Waals surface area contributed by atoms with Gasteiger partial charge in [-0.15, -0.1) is 0 Å². The van der Waals surface area contributed by atoms with E-state index in [1.165, 1.54) is 48.3 Å². The first-order valence-corrected chi connectivity index (χ1v) is 18.3. The van der Waals surface area contributed by atoms with E-state index in [1.54, 1.807) is 0 Å². The Morgan fingerprint density at radius 3 is 0.939 bits per heavy atom. The number of hydrogen-bond donors (Lipinski definition) is 7. The standard InChI is InChI=1S/C33H54IN3O12/c34-26(38)20-17-23(31(44)45)36-28(40)22-19-25(33(48)49)37-29(41)21-18-24(32(46)47)35-27(39)15-13-11-9-7-5-3-1-2-4-6-8-10-12-14-16-30(42)43/h23-25H,1-22H2,(H,35,39)(H,36,40)(H,37,41)(H,42,43)(H,44,45)(H,46,47)(H,48,49)/t23-,24-,25-/m0/s1. The first kappa shape index (κ1) is 45.7. The minimum absolute atomic E-state index is 0.0754. The Labute approximate surface area is 301 Å². The fourth-order valence-electron chi connectivity index (χ4n) is 5.06. The first-order chi connectivity index (χ1) is 23.2. The summed E-state index contributed by atoms with van der Waals surface area (Å²) in [5, 5.41) is 43.6. The van der Waals surface area contributed by atoms with Crippen LogP contribution in [0.25, 0.3) is 0 Å². The minimum atomic E-state index is -1.49. The molecule has 0 aromatic rings. The maximum Gasteiger partial charge on any atom is 0.326 e. The van der Waals surface area contributed by atoms with Crippen LogP contribution in [0.3, 0.4) is 0 Å². The Kier molecular flexibility index (Phi) is 26.6. The van der Waals surface area contributed by atoms with Gasteiger partial charge in [-0.1, -0.05) is 77.0 Å². The monoisotopic (exact) mass is 811 g/mol. The van der Waals surface area contributed by atoms with Gasteiger partial charge in [0.15, 0.2) is 3.79 Å². The summed E-state index contributed by atoms with van der Waals surface area (Å²) in [6.45, 7) is 0. The molecule has 0 heterocycles. The molecule has 0 aromatic heterocycles. The highest BCUT2D eigenvalue weighted by molar-refractivity contribution is 14.1. The van der Waals surface area contributed by atoms with Gasteiger partial charge in [0.25, 0.3) is 0 Å². The zero-order valence-corrected chi connectivity index (χ0v) is 30.4. The molecule has 0 bridgehead atoms. The predicted octanol–water partition coefficient (Wildman–Crippen LogP) is 4.32. The quantitative estimate of drug-likeness (QED) is 0.0285. The number of halogens is 1. The number of carbonyl (C=O) groups excluding carboxylic acids is 4. The third-order valence-electron chi connectivity index (χ3n) is 7.89. The van der Waals surface area contributed by atoms with Crippen molar-refractivity contribution in [2.75, 3.05) is 0 Å². The van der Waals surface area contributed by atoms with Gasteiger partial charge >= 0.3 is 23.9 Å². The predicted molar refractivity (Wildman–Crippen MR) is 187 cm³/mol. The van der Waals surface area contributed by atoms with Crippen molar-refractivity contribution in [1.82, 2.24) is 16.0 Å². The molecule has 0 spiro atoms. The molecule has 0 radical (unpaired) electrons. The molecular formula is C33H54IN3O12. The van der Waals surface area contributed by atoms with E-state index < -0.39 is 72.6 Å². The lowest BCUT2D eigenvalue weighted by Gasteiger charge is -2.18. The highest BCUT2D eigenvalue weighted by Gasteiger charge is 2.26. The summed E-state index contributed by atoms with van der Waals surface area (Å²) >= 11 is 1.50. The molecule has 0 saturated heterocycles. The molecule has 0 aliphatic rings. The lowest BCUT2D eigenvalue weighted by molar-refractivity contribution is -0.144. The summed E-state index contributed by atoms with van der Waals surface area (Å²) in [4.78, 5) is 93.0. The lowest BCUT2D eigenvalue weighted by Crippen LogP contribution is -2.45. The molecule has 0 aliphatic heterocycles. The van der Waals surface area contributed by atoms with Gasteiger partial charge in [0, 0.05) is 32.1 Å². The van der Waals surface area contributed by atoms with Crippen molar-refractivity contribution in [3.05, 3.63) is 0 Å². The molecule has 49 heavy (non-hydrogen) atoms. The maximum absolute atomic E-state index is 12.4. The Morgan fingerprint density at radius 2 is 0.653 bits per heavy atom. The average molecular weight is 812 g/mol. The van der Waals surface area contributed by atoms with Crippen LogP contribution < -0.4 is 16.0 Å². The van der Waals surface area contributed by atoms with Crippen LogP contribution in [-0.4, -0.2) is 83.9 Å². The molecule has 3 amide bonds. The van der Waals surface area contributed by atoms with Crippen LogP contribution in [0.2, 0.25) is 0 Å². The lowest BCUT2D eigenvalue weighted by atomic mass is 10.0. The molecular weight excluding hydrogens is 757 g/mol. The minimum Gasteiger partial charge on any atom is -0.481 e. The van der Waals surface area contributed by atoms with Crippen LogP contribution in [0.5, 0.6) is 0 Å². The molecule has 0 aromatic carbocycles. The molecule has 0 unspecified atom stereocenters. The number of aliphatic carboxylic acids is 4. The van der Waals surface area contributed by atoms with Crippen molar-refractivity contribution >= 4 is 68.0 Å². The summed E-state index contributed by atoms with van der Waals surface area (Å²) in [6, 6.07) is -4.16. The maximum atomic E-state index is 12.4. The molecule has 0 aliphatic carbocycles. The fraction of sp³-hybridized carbons (Fsp3) is 0.758. The van der Waals surface area contributed by atoms with E-state index in [4.69, 9.17) is 5.11 Å². The molecule has 7 N–H and O–H groups in total. The van der Waals surface area contributed by atoms with Crippen molar-refractivity contribution in [2.24, 2.45) is 0 Å². The van der Waals surface area contributed by atoms with Crippen molar-refractivity contribution < 1.29 is 58.8 Å². The number of nitrogens with one attached hydrogen (secondary N) is 3. The van der Waals surface area contributed by atoms with Gasteiger partial charge in [-0.05, 0) is 54.7 Å². The average Bonchev–Trinajstić information content (AvgIpc) is 3.02. The Balaban J connectivity index is 4.21. The Bertz CT molecular complexity index is 1070. The highest BCUT2D eigenvalue weighted by atomic mass is 127. The van der Waals surface area contributed by atoms with E-state index in [1.807, 2.05) is 0 Å². The van der Waals surface area contributed by atoms with Crippen molar-refractivity contribution in [1.29, 1.82) is 0 Å². The van der Waals surface area contributed by atoms with Crippen LogP contribution in [0.1, 0.15) is 141 Å². The van der Waals surface area contributed by atoms with Gasteiger partial charge in [0.1, 0.15) is 18.1 Å². The van der Waals surface area contributed by atoms with Gasteiger partial charge in [-0.25, -0.2) is 14.4 Å². The Morgan fingerprint density at radius 1 is 0.388 bits per heavy atom. The van der Waals surface area contributed by atoms with Gasteiger partial charge in [-0.3, -0.25) is 24.0 Å². The van der Waals surface area contributed by atoms with Crippen molar-refractivity contribution in [2.45, 2.75) is 159 Å². The third kappa shape index (κ3) is 27.2. The van der Waals surface area contributed by atoms with Crippen LogP contribution in [0.15, 0.2) is 0 Å². The normalized spacial score (nSPS) is 12.7. The van der Waals surface area contributed by atoms with E-state index in [2.05, 4.69) is 16.0 Å². The second-order valence-electron chi connectivity index (χ2n) is 12.2. The molecule has 0 fully saturated rings. The van der Waals surface area contributed by atoms with Gasteiger partial charge < -0.3 is 36.4 Å². The van der Waals surface area contributed by atoms with Crippen molar-refractivity contribution in [3.8, 4) is 0 Å². The van der Waals surface area contributed by atoms with E-state index in [-0.39, 0.29) is 42.3 Å². The fourth-order valence-corrected chi connectivity index (χ4v) is 5.37. The smallest absolute Gasteiger partial charge is 0.326 e. The van der Waals surface area contributed by atoms with E-state index in [9.17, 15) is 53.7 Å². The van der Waals surface area contributed by atoms with Crippen LogP contribution in [0.4, 0.5) is 0 Å². The number of carbonyl (C=O) groups is 8. The zero-order valence-electron chi connectivity index (χ0n) is 28.2. The number of carboxylic acid groups (broad SMARTS) is 4. The summed E-state index contributed by atoms with van der Waals surface area (Å²) in [5.74, 6) is -6.87. The SMILES string of the molecule is O=C(O)CCCCCCCCCCCCCCCCC(=O)N[C@@H](CCC(=O)N[C@@H](CCC(=O)N[C@@H](CCC(=O)I)C(=O)O)C(=O)O)C(=O)O. The van der Waals surface area contributed by atoms with E-state index >= 15 is 0 Å². The van der Waals surface area contributed by atoms with Gasteiger partial charge in [-0.2, -0.15) is 0 Å². The second-order valence-corrected chi connectivity index (χ2v) is 13.4. The first-order valence-electron chi connectivity index (χ1n) is 17.2.